The molecule has 0 bridgehead atoms. The fourth-order valence-corrected chi connectivity index (χ4v) is 2.68. The van der Waals surface area contributed by atoms with Gasteiger partial charge < -0.3 is 5.32 Å². The van der Waals surface area contributed by atoms with Gasteiger partial charge in [-0.1, -0.05) is 66.7 Å². The molecule has 3 N–H and O–H groups in total. The normalized spacial score (nSPS) is 10.2. The van der Waals surface area contributed by atoms with Crippen molar-refractivity contribution in [1.29, 1.82) is 0 Å². The average Bonchev–Trinajstić information content (AvgIpc) is 2.70. The second kappa shape index (κ2) is 8.62. The van der Waals surface area contributed by atoms with Crippen molar-refractivity contribution in [2.75, 3.05) is 6.54 Å². The summed E-state index contributed by atoms with van der Waals surface area (Å²) in [4.78, 5) is 36.0. The summed E-state index contributed by atoms with van der Waals surface area (Å²) in [6, 6.07) is 22.1. The molecule has 136 valence electrons. The fourth-order valence-electron chi connectivity index (χ4n) is 2.68. The van der Waals surface area contributed by atoms with Crippen molar-refractivity contribution in [2.24, 2.45) is 0 Å². The highest BCUT2D eigenvalue weighted by Gasteiger charge is 2.11. The summed E-state index contributed by atoms with van der Waals surface area (Å²) >= 11 is 0. The van der Waals surface area contributed by atoms with E-state index in [4.69, 9.17) is 0 Å². The third kappa shape index (κ3) is 4.92. The van der Waals surface area contributed by atoms with Crippen LogP contribution in [-0.4, -0.2) is 24.3 Å². The molecule has 0 aromatic heterocycles. The molecule has 0 aliphatic rings. The molecule has 0 spiro atoms. The van der Waals surface area contributed by atoms with Gasteiger partial charge in [0.05, 0.1) is 13.0 Å². The predicted molar refractivity (Wildman–Crippen MR) is 103 cm³/mol. The molecule has 27 heavy (non-hydrogen) atoms. The summed E-state index contributed by atoms with van der Waals surface area (Å²) in [7, 11) is 0. The van der Waals surface area contributed by atoms with Crippen LogP contribution in [0.4, 0.5) is 0 Å². The summed E-state index contributed by atoms with van der Waals surface area (Å²) in [5.74, 6) is -1.20. The minimum Gasteiger partial charge on any atom is -0.347 e. The van der Waals surface area contributed by atoms with Crippen molar-refractivity contribution < 1.29 is 14.4 Å². The van der Waals surface area contributed by atoms with Crippen molar-refractivity contribution in [3.05, 3.63) is 83.9 Å². The van der Waals surface area contributed by atoms with Crippen molar-refractivity contribution in [1.82, 2.24) is 16.2 Å². The van der Waals surface area contributed by atoms with Gasteiger partial charge >= 0.3 is 0 Å². The third-order valence-electron chi connectivity index (χ3n) is 4.00. The lowest BCUT2D eigenvalue weighted by molar-refractivity contribution is -0.126. The van der Waals surface area contributed by atoms with E-state index in [1.165, 1.54) is 0 Å². The standard InChI is InChI=1S/C21H19N3O3/c25-19(13-15-7-2-1-3-8-15)22-14-20(26)23-24-21(27)18-12-6-10-16-9-4-5-11-17(16)18/h1-12H,13-14H2,(H,22,25)(H,23,26)(H,24,27). The summed E-state index contributed by atoms with van der Waals surface area (Å²) in [5.41, 5.74) is 6.01. The van der Waals surface area contributed by atoms with Gasteiger partial charge in [0.1, 0.15) is 0 Å². The molecule has 6 nitrogen and oxygen atoms in total. The van der Waals surface area contributed by atoms with E-state index in [9.17, 15) is 14.4 Å². The maximum absolute atomic E-state index is 12.3. The molecule has 3 rings (SSSR count). The number of carbonyl (C=O) groups is 3. The molecule has 6 heteroatoms. The SMILES string of the molecule is O=C(Cc1ccccc1)NCC(=O)NNC(=O)c1cccc2ccccc12. The van der Waals surface area contributed by atoms with Crippen LogP contribution in [-0.2, 0) is 16.0 Å². The number of carbonyl (C=O) groups excluding carboxylic acids is 3. The van der Waals surface area contributed by atoms with Gasteiger partial charge in [-0.2, -0.15) is 0 Å². The molecule has 0 saturated heterocycles. The highest BCUT2D eigenvalue weighted by Crippen LogP contribution is 2.18. The molecule has 0 heterocycles. The van der Waals surface area contributed by atoms with Crippen molar-refractivity contribution in [2.45, 2.75) is 6.42 Å². The number of nitrogens with one attached hydrogen (secondary N) is 3. The molecule has 0 unspecified atom stereocenters. The molecule has 0 atom stereocenters. The van der Waals surface area contributed by atoms with Crippen LogP contribution in [0.2, 0.25) is 0 Å². The Kier molecular flexibility index (Phi) is 5.79. The van der Waals surface area contributed by atoms with E-state index in [1.807, 2.05) is 60.7 Å². The average molecular weight is 361 g/mol. The minimum atomic E-state index is -0.509. The van der Waals surface area contributed by atoms with Gasteiger partial charge in [0.15, 0.2) is 0 Å². The van der Waals surface area contributed by atoms with Crippen LogP contribution < -0.4 is 16.2 Å². The Bertz CT molecular complexity index is 965. The largest absolute Gasteiger partial charge is 0.347 e. The van der Waals surface area contributed by atoms with Crippen LogP contribution in [0, 0.1) is 0 Å². The lowest BCUT2D eigenvalue weighted by Gasteiger charge is -2.10. The lowest BCUT2D eigenvalue weighted by atomic mass is 10.0. The number of hydrogen-bond acceptors (Lipinski definition) is 3. The monoisotopic (exact) mass is 361 g/mol. The Labute approximate surface area is 156 Å². The molecule has 0 aliphatic heterocycles. The first-order chi connectivity index (χ1) is 13.1. The van der Waals surface area contributed by atoms with Crippen LogP contribution in [0.25, 0.3) is 10.8 Å². The number of rotatable bonds is 5. The minimum absolute atomic E-state index is 0.191. The highest BCUT2D eigenvalue weighted by atomic mass is 16.2. The van der Waals surface area contributed by atoms with E-state index in [0.717, 1.165) is 16.3 Å². The molecule has 3 aromatic carbocycles. The topological polar surface area (TPSA) is 87.3 Å². The van der Waals surface area contributed by atoms with Gasteiger partial charge in [-0.15, -0.1) is 0 Å². The number of fused-ring (bicyclic) bond motifs is 1. The molecule has 3 aromatic rings. The van der Waals surface area contributed by atoms with Crippen LogP contribution >= 0.6 is 0 Å². The molecular weight excluding hydrogens is 342 g/mol. The van der Waals surface area contributed by atoms with Crippen LogP contribution in [0.5, 0.6) is 0 Å². The molecule has 0 saturated carbocycles. The Balaban J connectivity index is 1.48. The number of benzene rings is 3. The molecule has 3 amide bonds. The van der Waals surface area contributed by atoms with Gasteiger partial charge in [-0.3, -0.25) is 25.2 Å². The zero-order chi connectivity index (χ0) is 19.1. The first-order valence-corrected chi connectivity index (χ1v) is 8.51. The quantitative estimate of drug-likeness (QED) is 0.607. The van der Waals surface area contributed by atoms with E-state index < -0.39 is 11.8 Å². The van der Waals surface area contributed by atoms with E-state index in [0.29, 0.717) is 5.56 Å². The molecule has 0 aliphatic carbocycles. The highest BCUT2D eigenvalue weighted by molar-refractivity contribution is 6.07. The predicted octanol–water partition coefficient (Wildman–Crippen LogP) is 1.96. The summed E-state index contributed by atoms with van der Waals surface area (Å²) in [5, 5.41) is 4.25. The van der Waals surface area contributed by atoms with Crippen molar-refractivity contribution in [3.63, 3.8) is 0 Å². The van der Waals surface area contributed by atoms with Gasteiger partial charge in [0.2, 0.25) is 5.91 Å². The fraction of sp³-hybridized carbons (Fsp3) is 0.0952. The van der Waals surface area contributed by atoms with Gasteiger partial charge in [0, 0.05) is 5.56 Å². The van der Waals surface area contributed by atoms with Gasteiger partial charge in [-0.05, 0) is 22.4 Å². The van der Waals surface area contributed by atoms with Crippen LogP contribution in [0.15, 0.2) is 72.8 Å². The Morgan fingerprint density at radius 2 is 1.41 bits per heavy atom. The zero-order valence-electron chi connectivity index (χ0n) is 14.6. The summed E-state index contributed by atoms with van der Waals surface area (Å²) in [6.45, 7) is -0.221. The van der Waals surface area contributed by atoms with Crippen molar-refractivity contribution >= 4 is 28.5 Å². The number of amides is 3. The summed E-state index contributed by atoms with van der Waals surface area (Å²) in [6.07, 6.45) is 0.191. The third-order valence-corrected chi connectivity index (χ3v) is 4.00. The van der Waals surface area contributed by atoms with Crippen LogP contribution in [0.1, 0.15) is 15.9 Å². The Morgan fingerprint density at radius 3 is 2.22 bits per heavy atom. The van der Waals surface area contributed by atoms with Crippen LogP contribution in [0.3, 0.4) is 0 Å². The zero-order valence-corrected chi connectivity index (χ0v) is 14.6. The second-order valence-electron chi connectivity index (χ2n) is 5.97. The molecule has 0 fully saturated rings. The number of hydrogen-bond donors (Lipinski definition) is 3. The Morgan fingerprint density at radius 1 is 0.704 bits per heavy atom. The van der Waals surface area contributed by atoms with E-state index >= 15 is 0 Å². The van der Waals surface area contributed by atoms with E-state index in [1.54, 1.807) is 12.1 Å². The summed E-state index contributed by atoms with van der Waals surface area (Å²) < 4.78 is 0. The Hall–Kier alpha value is -3.67. The van der Waals surface area contributed by atoms with E-state index in [-0.39, 0.29) is 18.9 Å². The first-order valence-electron chi connectivity index (χ1n) is 8.51. The van der Waals surface area contributed by atoms with Gasteiger partial charge in [0.25, 0.3) is 11.8 Å². The molecular formula is C21H19N3O3. The number of hydrazine groups is 1. The van der Waals surface area contributed by atoms with Crippen molar-refractivity contribution in [3.8, 4) is 0 Å². The second-order valence-corrected chi connectivity index (χ2v) is 5.97. The molecule has 0 radical (unpaired) electrons. The van der Waals surface area contributed by atoms with Gasteiger partial charge in [-0.25, -0.2) is 0 Å². The maximum Gasteiger partial charge on any atom is 0.270 e. The first kappa shape index (κ1) is 18.1. The van der Waals surface area contributed by atoms with E-state index in [2.05, 4.69) is 16.2 Å². The lowest BCUT2D eigenvalue weighted by Crippen LogP contribution is -2.46. The maximum atomic E-state index is 12.3. The smallest absolute Gasteiger partial charge is 0.270 e.